The second-order valence-electron chi connectivity index (χ2n) is 6.94. The SMILES string of the molecule is COc1cccc2cc([C@H](C)N[C@H]3CCO[C@@]4(CCSC4)C3)oc12. The number of ether oxygens (including phenoxy) is 2. The largest absolute Gasteiger partial charge is 0.493 e. The van der Waals surface area contributed by atoms with Crippen molar-refractivity contribution in [1.29, 1.82) is 0 Å². The maximum absolute atomic E-state index is 6.12. The van der Waals surface area contributed by atoms with Gasteiger partial charge in [0.1, 0.15) is 5.76 Å². The fourth-order valence-electron chi connectivity index (χ4n) is 3.90. The number of nitrogens with one attached hydrogen (secondary N) is 1. The van der Waals surface area contributed by atoms with Crippen molar-refractivity contribution in [3.8, 4) is 5.75 Å². The van der Waals surface area contributed by atoms with E-state index in [-0.39, 0.29) is 11.6 Å². The predicted octanol–water partition coefficient (Wildman–Crippen LogP) is 4.15. The van der Waals surface area contributed by atoms with Gasteiger partial charge in [-0.2, -0.15) is 11.8 Å². The fourth-order valence-corrected chi connectivity index (χ4v) is 5.28. The molecule has 1 aromatic carbocycles. The zero-order valence-corrected chi connectivity index (χ0v) is 15.2. The molecule has 0 aliphatic carbocycles. The standard InChI is InChI=1S/C19H25NO3S/c1-13(17-10-14-4-3-5-16(21-2)18(14)23-17)20-15-6-8-22-19(11-15)7-9-24-12-19/h3-5,10,13,15,20H,6-9,11-12H2,1-2H3/t13-,15-,19-/m0/s1. The molecule has 1 N–H and O–H groups in total. The second-order valence-corrected chi connectivity index (χ2v) is 8.04. The molecule has 3 heterocycles. The van der Waals surface area contributed by atoms with Gasteiger partial charge in [-0.25, -0.2) is 0 Å². The number of benzene rings is 1. The summed E-state index contributed by atoms with van der Waals surface area (Å²) in [4.78, 5) is 0. The Morgan fingerprint density at radius 1 is 1.42 bits per heavy atom. The van der Waals surface area contributed by atoms with Crippen molar-refractivity contribution in [3.05, 3.63) is 30.0 Å². The van der Waals surface area contributed by atoms with Crippen LogP contribution >= 0.6 is 11.8 Å². The zero-order chi connectivity index (χ0) is 16.6. The Balaban J connectivity index is 1.48. The highest BCUT2D eigenvalue weighted by molar-refractivity contribution is 7.99. The normalized spacial score (nSPS) is 28.5. The van der Waals surface area contributed by atoms with Crippen molar-refractivity contribution in [2.75, 3.05) is 25.2 Å². The molecule has 2 aromatic rings. The molecule has 2 saturated heterocycles. The van der Waals surface area contributed by atoms with E-state index in [9.17, 15) is 0 Å². The van der Waals surface area contributed by atoms with Crippen LogP contribution in [0.4, 0.5) is 0 Å². The molecule has 0 amide bonds. The lowest BCUT2D eigenvalue weighted by Crippen LogP contribution is -2.47. The zero-order valence-electron chi connectivity index (χ0n) is 14.3. The number of methoxy groups -OCH3 is 1. The fraction of sp³-hybridized carbons (Fsp3) is 0.579. The highest BCUT2D eigenvalue weighted by Gasteiger charge is 2.40. The van der Waals surface area contributed by atoms with Crippen LogP contribution in [0.1, 0.15) is 38.0 Å². The van der Waals surface area contributed by atoms with Crippen LogP contribution in [0.2, 0.25) is 0 Å². The van der Waals surface area contributed by atoms with Gasteiger partial charge in [0, 0.05) is 23.8 Å². The summed E-state index contributed by atoms with van der Waals surface area (Å²) >= 11 is 2.02. The minimum Gasteiger partial charge on any atom is -0.493 e. The smallest absolute Gasteiger partial charge is 0.176 e. The summed E-state index contributed by atoms with van der Waals surface area (Å²) in [6, 6.07) is 8.79. The van der Waals surface area contributed by atoms with Gasteiger partial charge in [0.15, 0.2) is 11.3 Å². The van der Waals surface area contributed by atoms with Crippen molar-refractivity contribution in [3.63, 3.8) is 0 Å². The molecule has 0 unspecified atom stereocenters. The van der Waals surface area contributed by atoms with E-state index in [4.69, 9.17) is 13.9 Å². The maximum atomic E-state index is 6.12. The summed E-state index contributed by atoms with van der Waals surface area (Å²) in [5, 5.41) is 4.85. The summed E-state index contributed by atoms with van der Waals surface area (Å²) in [6.45, 7) is 3.04. The van der Waals surface area contributed by atoms with E-state index in [1.165, 1.54) is 12.2 Å². The first-order valence-corrected chi connectivity index (χ1v) is 9.89. The highest BCUT2D eigenvalue weighted by atomic mass is 32.2. The first kappa shape index (κ1) is 16.3. The average Bonchev–Trinajstić information content (AvgIpc) is 3.21. The van der Waals surface area contributed by atoms with E-state index in [1.54, 1.807) is 7.11 Å². The lowest BCUT2D eigenvalue weighted by Gasteiger charge is -2.39. The lowest BCUT2D eigenvalue weighted by molar-refractivity contribution is -0.0714. The van der Waals surface area contributed by atoms with Crippen LogP contribution in [0.3, 0.4) is 0 Å². The summed E-state index contributed by atoms with van der Waals surface area (Å²) < 4.78 is 17.6. The molecule has 24 heavy (non-hydrogen) atoms. The minimum atomic E-state index is 0.109. The number of hydrogen-bond donors (Lipinski definition) is 1. The number of hydrogen-bond acceptors (Lipinski definition) is 5. The first-order chi connectivity index (χ1) is 11.7. The van der Waals surface area contributed by atoms with Crippen molar-refractivity contribution < 1.29 is 13.9 Å². The molecule has 3 atom stereocenters. The number of fused-ring (bicyclic) bond motifs is 1. The summed E-state index contributed by atoms with van der Waals surface area (Å²) in [6.07, 6.45) is 3.36. The average molecular weight is 347 g/mol. The molecule has 0 bridgehead atoms. The second kappa shape index (κ2) is 6.62. The Bertz CT molecular complexity index is 708. The third-order valence-corrected chi connectivity index (χ3v) is 6.44. The Hall–Kier alpha value is -1.17. The first-order valence-electron chi connectivity index (χ1n) is 8.73. The molecule has 2 aliphatic heterocycles. The molecular formula is C19H25NO3S. The van der Waals surface area contributed by atoms with Crippen molar-refractivity contribution in [1.82, 2.24) is 5.32 Å². The van der Waals surface area contributed by atoms with Crippen LogP contribution < -0.4 is 10.1 Å². The number of rotatable bonds is 4. The van der Waals surface area contributed by atoms with Crippen molar-refractivity contribution >= 4 is 22.7 Å². The third kappa shape index (κ3) is 3.05. The Labute approximate surface area is 147 Å². The van der Waals surface area contributed by atoms with Crippen LogP contribution in [0.5, 0.6) is 5.75 Å². The van der Waals surface area contributed by atoms with Gasteiger partial charge in [0.25, 0.3) is 0 Å². The van der Waals surface area contributed by atoms with Gasteiger partial charge < -0.3 is 19.2 Å². The van der Waals surface area contributed by atoms with Crippen molar-refractivity contribution in [2.45, 2.75) is 43.9 Å². The molecule has 130 valence electrons. The van der Waals surface area contributed by atoms with Gasteiger partial charge in [0.2, 0.25) is 0 Å². The van der Waals surface area contributed by atoms with Crippen LogP contribution in [0.25, 0.3) is 11.0 Å². The van der Waals surface area contributed by atoms with E-state index >= 15 is 0 Å². The molecular weight excluding hydrogens is 322 g/mol. The number of para-hydroxylation sites is 1. The van der Waals surface area contributed by atoms with Gasteiger partial charge in [0.05, 0.1) is 18.8 Å². The van der Waals surface area contributed by atoms with E-state index in [0.717, 1.165) is 47.7 Å². The third-order valence-electron chi connectivity index (χ3n) is 5.22. The quantitative estimate of drug-likeness (QED) is 0.900. The summed E-state index contributed by atoms with van der Waals surface area (Å²) in [5.74, 6) is 4.13. The number of thioether (sulfide) groups is 1. The van der Waals surface area contributed by atoms with Gasteiger partial charge in [-0.1, -0.05) is 12.1 Å². The van der Waals surface area contributed by atoms with E-state index in [2.05, 4.69) is 24.4 Å². The highest BCUT2D eigenvalue weighted by Crippen LogP contribution is 2.39. The Morgan fingerprint density at radius 2 is 2.33 bits per heavy atom. The van der Waals surface area contributed by atoms with Gasteiger partial charge in [-0.15, -0.1) is 0 Å². The van der Waals surface area contributed by atoms with Crippen LogP contribution in [0, 0.1) is 0 Å². The van der Waals surface area contributed by atoms with E-state index in [1.807, 2.05) is 23.9 Å². The van der Waals surface area contributed by atoms with Crippen LogP contribution in [0.15, 0.2) is 28.7 Å². The maximum Gasteiger partial charge on any atom is 0.176 e. The molecule has 4 nitrogen and oxygen atoms in total. The molecule has 4 rings (SSSR count). The molecule has 2 fully saturated rings. The molecule has 0 radical (unpaired) electrons. The topological polar surface area (TPSA) is 43.6 Å². The summed E-state index contributed by atoms with van der Waals surface area (Å²) in [5.41, 5.74) is 0.941. The van der Waals surface area contributed by atoms with Crippen molar-refractivity contribution in [2.24, 2.45) is 0 Å². The molecule has 5 heteroatoms. The van der Waals surface area contributed by atoms with Gasteiger partial charge in [-0.05, 0) is 44.1 Å². The minimum absolute atomic E-state index is 0.109. The lowest BCUT2D eigenvalue weighted by atomic mass is 9.89. The predicted molar refractivity (Wildman–Crippen MR) is 98.0 cm³/mol. The molecule has 1 aromatic heterocycles. The molecule has 0 saturated carbocycles. The van der Waals surface area contributed by atoms with Gasteiger partial charge >= 0.3 is 0 Å². The molecule has 1 spiro atoms. The summed E-state index contributed by atoms with van der Waals surface area (Å²) in [7, 11) is 1.68. The Kier molecular flexibility index (Phi) is 4.50. The molecule has 2 aliphatic rings. The monoisotopic (exact) mass is 347 g/mol. The Morgan fingerprint density at radius 3 is 3.12 bits per heavy atom. The van der Waals surface area contributed by atoms with E-state index in [0.29, 0.717) is 6.04 Å². The van der Waals surface area contributed by atoms with Gasteiger partial charge in [-0.3, -0.25) is 0 Å². The van der Waals surface area contributed by atoms with Crippen LogP contribution in [-0.4, -0.2) is 36.9 Å². The number of furan rings is 1. The van der Waals surface area contributed by atoms with E-state index < -0.39 is 0 Å². The van der Waals surface area contributed by atoms with Crippen LogP contribution in [-0.2, 0) is 4.74 Å².